The first kappa shape index (κ1) is 16.2. The van der Waals surface area contributed by atoms with Crippen LogP contribution < -0.4 is 5.32 Å². The lowest BCUT2D eigenvalue weighted by molar-refractivity contribution is -0.142. The van der Waals surface area contributed by atoms with E-state index in [1.165, 1.54) is 0 Å². The number of amides is 1. The number of aryl methyl sites for hydroxylation is 1. The Bertz CT molecular complexity index is 561. The second-order valence-corrected chi connectivity index (χ2v) is 5.69. The van der Waals surface area contributed by atoms with E-state index in [4.69, 9.17) is 5.11 Å². The van der Waals surface area contributed by atoms with Crippen LogP contribution in [0.25, 0.3) is 0 Å². The number of carboxylic acids is 1. The minimum atomic E-state index is -1.00. The summed E-state index contributed by atoms with van der Waals surface area (Å²) < 4.78 is 0. The Kier molecular flexibility index (Phi) is 5.31. The summed E-state index contributed by atoms with van der Waals surface area (Å²) in [6.45, 7) is 2.04. The van der Waals surface area contributed by atoms with Crippen LogP contribution in [0.15, 0.2) is 24.3 Å². The zero-order chi connectivity index (χ0) is 16.1. The molecule has 0 spiro atoms. The van der Waals surface area contributed by atoms with E-state index in [1.807, 2.05) is 19.1 Å². The lowest BCUT2D eigenvalue weighted by Crippen LogP contribution is -2.42. The van der Waals surface area contributed by atoms with E-state index in [0.29, 0.717) is 5.56 Å². The van der Waals surface area contributed by atoms with E-state index in [0.717, 1.165) is 24.8 Å². The molecule has 1 aromatic rings. The fourth-order valence-electron chi connectivity index (χ4n) is 2.35. The Balaban J connectivity index is 1.81. The molecule has 2 rings (SSSR count). The molecule has 2 N–H and O–H groups in total. The summed E-state index contributed by atoms with van der Waals surface area (Å²) in [7, 11) is 0. The maximum atomic E-state index is 12.0. The first-order valence-corrected chi connectivity index (χ1v) is 7.65. The van der Waals surface area contributed by atoms with Crippen molar-refractivity contribution in [2.75, 3.05) is 0 Å². The van der Waals surface area contributed by atoms with Crippen LogP contribution in [0.5, 0.6) is 0 Å². The van der Waals surface area contributed by atoms with Crippen molar-refractivity contribution in [2.45, 2.75) is 45.1 Å². The quantitative estimate of drug-likeness (QED) is 0.721. The number of carbonyl (C=O) groups is 3. The summed E-state index contributed by atoms with van der Waals surface area (Å²) in [6.07, 6.45) is 2.69. The maximum Gasteiger partial charge on any atom is 0.326 e. The fourth-order valence-corrected chi connectivity index (χ4v) is 2.35. The topological polar surface area (TPSA) is 83.5 Å². The third-order valence-electron chi connectivity index (χ3n) is 3.94. The number of ketones is 1. The number of carbonyl (C=O) groups excluding carboxylic acids is 2. The summed E-state index contributed by atoms with van der Waals surface area (Å²) in [5, 5.41) is 11.6. The van der Waals surface area contributed by atoms with Gasteiger partial charge in [-0.15, -0.1) is 0 Å². The Morgan fingerprint density at radius 1 is 1.18 bits per heavy atom. The van der Waals surface area contributed by atoms with Gasteiger partial charge in [-0.25, -0.2) is 4.79 Å². The predicted octanol–water partition coefficient (Wildman–Crippen LogP) is 2.19. The standard InChI is InChI=1S/C17H21NO4/c1-2-11-3-5-12(6-4-11)14(19)9-10-15(20)18-16(17(21)22)13-7-8-13/h3-6,13,16H,2,7-10H2,1H3,(H,18,20)(H,21,22). The number of benzene rings is 1. The third kappa shape index (κ3) is 4.41. The van der Waals surface area contributed by atoms with Gasteiger partial charge in [-0.3, -0.25) is 9.59 Å². The van der Waals surface area contributed by atoms with Gasteiger partial charge in [0.2, 0.25) is 5.91 Å². The van der Waals surface area contributed by atoms with Crippen LogP contribution in [0.2, 0.25) is 0 Å². The lowest BCUT2D eigenvalue weighted by atomic mass is 10.0. The summed E-state index contributed by atoms with van der Waals surface area (Å²) in [4.78, 5) is 34.9. The molecule has 0 saturated heterocycles. The minimum Gasteiger partial charge on any atom is -0.480 e. The van der Waals surface area contributed by atoms with Gasteiger partial charge in [-0.1, -0.05) is 31.2 Å². The molecule has 0 radical (unpaired) electrons. The van der Waals surface area contributed by atoms with Crippen LogP contribution in [-0.4, -0.2) is 28.8 Å². The van der Waals surface area contributed by atoms with Crippen LogP contribution in [0.3, 0.4) is 0 Å². The summed E-state index contributed by atoms with van der Waals surface area (Å²) >= 11 is 0. The highest BCUT2D eigenvalue weighted by Crippen LogP contribution is 2.32. The van der Waals surface area contributed by atoms with Crippen molar-refractivity contribution in [1.82, 2.24) is 5.32 Å². The summed E-state index contributed by atoms with van der Waals surface area (Å²) in [5.74, 6) is -1.44. The Morgan fingerprint density at radius 3 is 2.32 bits per heavy atom. The van der Waals surface area contributed by atoms with Crippen molar-refractivity contribution in [3.63, 3.8) is 0 Å². The Morgan fingerprint density at radius 2 is 1.82 bits per heavy atom. The molecule has 1 saturated carbocycles. The highest BCUT2D eigenvalue weighted by molar-refractivity contribution is 5.98. The zero-order valence-electron chi connectivity index (χ0n) is 12.7. The van der Waals surface area contributed by atoms with Crippen LogP contribution in [0.1, 0.15) is 48.5 Å². The third-order valence-corrected chi connectivity index (χ3v) is 3.94. The van der Waals surface area contributed by atoms with Gasteiger partial charge in [0.05, 0.1) is 0 Å². The lowest BCUT2D eigenvalue weighted by Gasteiger charge is -2.13. The molecule has 0 aliphatic heterocycles. The van der Waals surface area contributed by atoms with E-state index < -0.39 is 12.0 Å². The Labute approximate surface area is 129 Å². The minimum absolute atomic E-state index is 0.0187. The second-order valence-electron chi connectivity index (χ2n) is 5.69. The summed E-state index contributed by atoms with van der Waals surface area (Å²) in [5.41, 5.74) is 1.74. The second kappa shape index (κ2) is 7.20. The van der Waals surface area contributed by atoms with E-state index >= 15 is 0 Å². The van der Waals surface area contributed by atoms with Gasteiger partial charge in [0.15, 0.2) is 5.78 Å². The van der Waals surface area contributed by atoms with Crippen LogP contribution in [0, 0.1) is 5.92 Å². The van der Waals surface area contributed by atoms with Crippen molar-refractivity contribution in [1.29, 1.82) is 0 Å². The average molecular weight is 303 g/mol. The molecule has 0 heterocycles. The monoisotopic (exact) mass is 303 g/mol. The molecule has 1 aliphatic carbocycles. The Hall–Kier alpha value is -2.17. The SMILES string of the molecule is CCc1ccc(C(=O)CCC(=O)NC(C(=O)O)C2CC2)cc1. The predicted molar refractivity (Wildman–Crippen MR) is 81.7 cm³/mol. The normalized spacial score (nSPS) is 15.1. The van der Waals surface area contributed by atoms with Crippen molar-refractivity contribution in [2.24, 2.45) is 5.92 Å². The number of carboxylic acid groups (broad SMARTS) is 1. The number of nitrogens with one attached hydrogen (secondary N) is 1. The zero-order valence-corrected chi connectivity index (χ0v) is 12.7. The highest BCUT2D eigenvalue weighted by atomic mass is 16.4. The van der Waals surface area contributed by atoms with E-state index in [1.54, 1.807) is 12.1 Å². The molecular formula is C17H21NO4. The number of rotatable bonds is 8. The number of hydrogen-bond donors (Lipinski definition) is 2. The van der Waals surface area contributed by atoms with Gasteiger partial charge >= 0.3 is 5.97 Å². The molecular weight excluding hydrogens is 282 g/mol. The van der Waals surface area contributed by atoms with Gasteiger partial charge < -0.3 is 10.4 Å². The molecule has 1 unspecified atom stereocenters. The van der Waals surface area contributed by atoms with Gasteiger partial charge in [0, 0.05) is 18.4 Å². The van der Waals surface area contributed by atoms with Crippen molar-refractivity contribution in [3.8, 4) is 0 Å². The molecule has 22 heavy (non-hydrogen) atoms. The number of hydrogen-bond acceptors (Lipinski definition) is 3. The number of aliphatic carboxylic acids is 1. The largest absolute Gasteiger partial charge is 0.480 e. The average Bonchev–Trinajstić information content (AvgIpc) is 3.34. The highest BCUT2D eigenvalue weighted by Gasteiger charge is 2.37. The van der Waals surface area contributed by atoms with Crippen molar-refractivity contribution < 1.29 is 19.5 Å². The first-order chi connectivity index (χ1) is 10.5. The summed E-state index contributed by atoms with van der Waals surface area (Å²) in [6, 6.07) is 6.53. The van der Waals surface area contributed by atoms with E-state index in [9.17, 15) is 14.4 Å². The van der Waals surface area contributed by atoms with Gasteiger partial charge in [-0.05, 0) is 30.7 Å². The maximum absolute atomic E-state index is 12.0. The van der Waals surface area contributed by atoms with Crippen molar-refractivity contribution >= 4 is 17.7 Å². The number of Topliss-reactive ketones (excluding diaryl/α,β-unsaturated/α-hetero) is 1. The smallest absolute Gasteiger partial charge is 0.326 e. The van der Waals surface area contributed by atoms with Crippen LogP contribution in [-0.2, 0) is 16.0 Å². The van der Waals surface area contributed by atoms with E-state index in [-0.39, 0.29) is 30.4 Å². The molecule has 0 bridgehead atoms. The molecule has 1 amide bonds. The molecule has 0 aromatic heterocycles. The van der Waals surface area contributed by atoms with Crippen LogP contribution in [0.4, 0.5) is 0 Å². The first-order valence-electron chi connectivity index (χ1n) is 7.65. The molecule has 118 valence electrons. The van der Waals surface area contributed by atoms with Gasteiger partial charge in [0.25, 0.3) is 0 Å². The molecule has 5 nitrogen and oxygen atoms in total. The van der Waals surface area contributed by atoms with Crippen LogP contribution >= 0.6 is 0 Å². The van der Waals surface area contributed by atoms with Gasteiger partial charge in [0.1, 0.15) is 6.04 Å². The molecule has 1 aliphatic rings. The molecule has 5 heteroatoms. The fraction of sp³-hybridized carbons (Fsp3) is 0.471. The van der Waals surface area contributed by atoms with Crippen molar-refractivity contribution in [3.05, 3.63) is 35.4 Å². The molecule has 1 fully saturated rings. The molecule has 1 aromatic carbocycles. The van der Waals surface area contributed by atoms with E-state index in [2.05, 4.69) is 5.32 Å². The van der Waals surface area contributed by atoms with Gasteiger partial charge in [-0.2, -0.15) is 0 Å². The molecule has 1 atom stereocenters.